The third-order valence-electron chi connectivity index (χ3n) is 3.98. The van der Waals surface area contributed by atoms with E-state index in [4.69, 9.17) is 4.74 Å². The average Bonchev–Trinajstić information content (AvgIpc) is 2.92. The van der Waals surface area contributed by atoms with Crippen molar-refractivity contribution in [1.29, 1.82) is 0 Å². The Hall–Kier alpha value is -1.55. The Morgan fingerprint density at radius 1 is 1.47 bits per heavy atom. The third kappa shape index (κ3) is 2.45. The molecule has 0 aliphatic carbocycles. The molecule has 4 heteroatoms. The molecule has 2 atom stereocenters. The van der Waals surface area contributed by atoms with Crippen molar-refractivity contribution in [3.8, 4) is 5.75 Å². The zero-order valence-electron chi connectivity index (χ0n) is 11.5. The monoisotopic (exact) mass is 260 g/mol. The van der Waals surface area contributed by atoms with Gasteiger partial charge >= 0.3 is 0 Å². The number of likely N-dealkylation sites (tertiary alicyclic amines) is 1. The molecule has 0 spiro atoms. The molecule has 2 unspecified atom stereocenters. The molecule has 2 aliphatic rings. The van der Waals surface area contributed by atoms with Crippen LogP contribution in [0, 0.1) is 6.92 Å². The Labute approximate surface area is 113 Å². The Kier molecular flexibility index (Phi) is 3.19. The molecular formula is C15H20N2O2. The third-order valence-corrected chi connectivity index (χ3v) is 3.98. The summed E-state index contributed by atoms with van der Waals surface area (Å²) in [5, 5.41) is 3.34. The van der Waals surface area contributed by atoms with Gasteiger partial charge in [-0.3, -0.25) is 4.79 Å². The predicted octanol–water partition coefficient (Wildman–Crippen LogP) is 1.12. The van der Waals surface area contributed by atoms with Gasteiger partial charge in [-0.1, -0.05) is 17.7 Å². The smallest absolute Gasteiger partial charge is 0.239 e. The van der Waals surface area contributed by atoms with Crippen molar-refractivity contribution >= 4 is 5.91 Å². The lowest BCUT2D eigenvalue weighted by atomic mass is 10.1. The predicted molar refractivity (Wildman–Crippen MR) is 73.3 cm³/mol. The van der Waals surface area contributed by atoms with Crippen LogP contribution in [-0.4, -0.2) is 43.1 Å². The SMILES string of the molecule is Cc1ccc2c(c1)CC(CNC1CCN(C)C1=O)O2. The fourth-order valence-corrected chi connectivity index (χ4v) is 2.85. The van der Waals surface area contributed by atoms with Crippen molar-refractivity contribution in [2.45, 2.75) is 31.9 Å². The van der Waals surface area contributed by atoms with Gasteiger partial charge in [-0.25, -0.2) is 0 Å². The fourth-order valence-electron chi connectivity index (χ4n) is 2.85. The lowest BCUT2D eigenvalue weighted by Crippen LogP contribution is -2.41. The first-order valence-electron chi connectivity index (χ1n) is 6.88. The van der Waals surface area contributed by atoms with Gasteiger partial charge in [-0.15, -0.1) is 0 Å². The highest BCUT2D eigenvalue weighted by Gasteiger charge is 2.30. The summed E-state index contributed by atoms with van der Waals surface area (Å²) in [5.41, 5.74) is 2.55. The first-order chi connectivity index (χ1) is 9.13. The molecule has 1 aromatic carbocycles. The maximum absolute atomic E-state index is 11.8. The van der Waals surface area contributed by atoms with E-state index >= 15 is 0 Å². The Balaban J connectivity index is 1.55. The van der Waals surface area contributed by atoms with Crippen LogP contribution in [0.25, 0.3) is 0 Å². The van der Waals surface area contributed by atoms with Gasteiger partial charge < -0.3 is 15.0 Å². The van der Waals surface area contributed by atoms with Gasteiger partial charge in [0.1, 0.15) is 11.9 Å². The molecule has 0 saturated carbocycles. The first-order valence-corrected chi connectivity index (χ1v) is 6.88. The molecule has 1 amide bonds. The fraction of sp³-hybridized carbons (Fsp3) is 0.533. The lowest BCUT2D eigenvalue weighted by Gasteiger charge is -2.15. The number of hydrogen-bond acceptors (Lipinski definition) is 3. The van der Waals surface area contributed by atoms with Gasteiger partial charge in [0.05, 0.1) is 6.04 Å². The van der Waals surface area contributed by atoms with Gasteiger partial charge in [0.25, 0.3) is 0 Å². The number of carbonyl (C=O) groups is 1. The van der Waals surface area contributed by atoms with E-state index in [9.17, 15) is 4.79 Å². The molecule has 0 radical (unpaired) electrons. The molecule has 3 rings (SSSR count). The molecule has 1 fully saturated rings. The van der Waals surface area contributed by atoms with Gasteiger partial charge in [-0.2, -0.15) is 0 Å². The molecule has 102 valence electrons. The van der Waals surface area contributed by atoms with E-state index in [2.05, 4.69) is 24.4 Å². The molecule has 4 nitrogen and oxygen atoms in total. The normalized spacial score (nSPS) is 25.6. The van der Waals surface area contributed by atoms with Gasteiger partial charge in [0.2, 0.25) is 5.91 Å². The van der Waals surface area contributed by atoms with Gasteiger partial charge in [-0.05, 0) is 25.0 Å². The summed E-state index contributed by atoms with van der Waals surface area (Å²) in [6.07, 6.45) is 1.98. The van der Waals surface area contributed by atoms with E-state index in [1.165, 1.54) is 11.1 Å². The van der Waals surface area contributed by atoms with Crippen LogP contribution in [0.5, 0.6) is 5.75 Å². The lowest BCUT2D eigenvalue weighted by molar-refractivity contribution is -0.128. The number of aryl methyl sites for hydroxylation is 1. The van der Waals surface area contributed by atoms with Crippen LogP contribution in [-0.2, 0) is 11.2 Å². The maximum Gasteiger partial charge on any atom is 0.239 e. The summed E-state index contributed by atoms with van der Waals surface area (Å²) in [6.45, 7) is 3.68. The minimum absolute atomic E-state index is 0.0287. The molecule has 0 aromatic heterocycles. The van der Waals surface area contributed by atoms with E-state index in [1.807, 2.05) is 13.1 Å². The number of ether oxygens (including phenoxy) is 1. The summed E-state index contributed by atoms with van der Waals surface area (Å²) < 4.78 is 5.90. The average molecular weight is 260 g/mol. The van der Waals surface area contributed by atoms with E-state index in [1.54, 1.807) is 4.90 Å². The molecule has 1 aromatic rings. The molecule has 1 saturated heterocycles. The molecule has 2 aliphatic heterocycles. The molecule has 0 bridgehead atoms. The second kappa shape index (κ2) is 4.85. The largest absolute Gasteiger partial charge is 0.488 e. The van der Waals surface area contributed by atoms with Crippen LogP contribution in [0.15, 0.2) is 18.2 Å². The molecule has 2 heterocycles. The first kappa shape index (κ1) is 12.5. The van der Waals surface area contributed by atoms with Crippen molar-refractivity contribution in [2.24, 2.45) is 0 Å². The standard InChI is InChI=1S/C15H20N2O2/c1-10-3-4-14-11(7-10)8-12(19-14)9-16-13-5-6-17(2)15(13)18/h3-4,7,12-13,16H,5-6,8-9H2,1-2H3. The molecular weight excluding hydrogens is 240 g/mol. The van der Waals surface area contributed by atoms with E-state index in [0.29, 0.717) is 0 Å². The van der Waals surface area contributed by atoms with Crippen molar-refractivity contribution in [2.75, 3.05) is 20.1 Å². The van der Waals surface area contributed by atoms with Crippen molar-refractivity contribution in [1.82, 2.24) is 10.2 Å². The van der Waals surface area contributed by atoms with E-state index < -0.39 is 0 Å². The summed E-state index contributed by atoms with van der Waals surface area (Å²) >= 11 is 0. The number of benzene rings is 1. The maximum atomic E-state index is 11.8. The molecule has 19 heavy (non-hydrogen) atoms. The summed E-state index contributed by atoms with van der Waals surface area (Å²) in [4.78, 5) is 13.6. The topological polar surface area (TPSA) is 41.6 Å². The highest BCUT2D eigenvalue weighted by atomic mass is 16.5. The number of carbonyl (C=O) groups excluding carboxylic acids is 1. The van der Waals surface area contributed by atoms with Crippen molar-refractivity contribution in [3.05, 3.63) is 29.3 Å². The number of nitrogens with zero attached hydrogens (tertiary/aromatic N) is 1. The number of fused-ring (bicyclic) bond motifs is 1. The summed E-state index contributed by atoms with van der Waals surface area (Å²) in [6, 6.07) is 6.27. The minimum atomic E-state index is -0.0287. The van der Waals surface area contributed by atoms with E-state index in [-0.39, 0.29) is 18.1 Å². The number of amides is 1. The minimum Gasteiger partial charge on any atom is -0.488 e. The zero-order chi connectivity index (χ0) is 13.4. The highest BCUT2D eigenvalue weighted by Crippen LogP contribution is 2.29. The van der Waals surface area contributed by atoms with Crippen LogP contribution < -0.4 is 10.1 Å². The Bertz CT molecular complexity index is 501. The number of nitrogens with one attached hydrogen (secondary N) is 1. The van der Waals surface area contributed by atoms with Crippen molar-refractivity contribution in [3.63, 3.8) is 0 Å². The van der Waals surface area contributed by atoms with E-state index in [0.717, 1.165) is 31.7 Å². The second-order valence-electron chi connectivity index (χ2n) is 5.56. The van der Waals surface area contributed by atoms with Crippen LogP contribution >= 0.6 is 0 Å². The van der Waals surface area contributed by atoms with Crippen LogP contribution in [0.2, 0.25) is 0 Å². The van der Waals surface area contributed by atoms with Gasteiger partial charge in [0, 0.05) is 26.6 Å². The quantitative estimate of drug-likeness (QED) is 0.885. The Morgan fingerprint density at radius 2 is 2.32 bits per heavy atom. The van der Waals surface area contributed by atoms with Gasteiger partial charge in [0.15, 0.2) is 0 Å². The number of hydrogen-bond donors (Lipinski definition) is 1. The number of rotatable bonds is 3. The number of likely N-dealkylation sites (N-methyl/N-ethyl adjacent to an activating group) is 1. The Morgan fingerprint density at radius 3 is 3.05 bits per heavy atom. The summed E-state index contributed by atoms with van der Waals surface area (Å²) in [5.74, 6) is 1.19. The van der Waals surface area contributed by atoms with Crippen molar-refractivity contribution < 1.29 is 9.53 Å². The van der Waals surface area contributed by atoms with Crippen LogP contribution in [0.1, 0.15) is 17.5 Å². The molecule has 1 N–H and O–H groups in total. The highest BCUT2D eigenvalue weighted by molar-refractivity contribution is 5.83. The van der Waals surface area contributed by atoms with Crippen LogP contribution in [0.3, 0.4) is 0 Å². The zero-order valence-corrected chi connectivity index (χ0v) is 11.5. The summed E-state index contributed by atoms with van der Waals surface area (Å²) in [7, 11) is 1.86. The van der Waals surface area contributed by atoms with Crippen LogP contribution in [0.4, 0.5) is 0 Å². The second-order valence-corrected chi connectivity index (χ2v) is 5.56.